The molecule has 0 fully saturated rings. The van der Waals surface area contributed by atoms with Crippen molar-refractivity contribution in [3.63, 3.8) is 0 Å². The molecule has 0 bridgehead atoms. The molecule has 1 atom stereocenters. The molecule has 0 aliphatic heterocycles. The maximum Gasteiger partial charge on any atom is 0.427 e. The Morgan fingerprint density at radius 3 is 1.33 bits per heavy atom. The van der Waals surface area contributed by atoms with Gasteiger partial charge in [-0.15, -0.1) is 0 Å². The van der Waals surface area contributed by atoms with Crippen LogP contribution in [-0.4, -0.2) is 35.1 Å². The van der Waals surface area contributed by atoms with Crippen molar-refractivity contribution in [1.82, 2.24) is 5.32 Å². The lowest BCUT2D eigenvalue weighted by Crippen LogP contribution is -2.70. The minimum absolute atomic E-state index is 0.631. The van der Waals surface area contributed by atoms with Crippen molar-refractivity contribution < 1.29 is 31.4 Å². The minimum Gasteiger partial charge on any atom is -0.372 e. The fourth-order valence-corrected chi connectivity index (χ4v) is 1.67. The zero-order chi connectivity index (χ0) is 14.9. The van der Waals surface area contributed by atoms with Gasteiger partial charge >= 0.3 is 12.4 Å². The minimum atomic E-state index is -5.80. The van der Waals surface area contributed by atoms with Crippen molar-refractivity contribution >= 4 is 0 Å². The van der Waals surface area contributed by atoms with E-state index in [1.54, 1.807) is 0 Å². The van der Waals surface area contributed by atoms with Gasteiger partial charge in [0.25, 0.3) is 5.60 Å². The van der Waals surface area contributed by atoms with Gasteiger partial charge < -0.3 is 10.4 Å². The van der Waals surface area contributed by atoms with E-state index in [9.17, 15) is 31.4 Å². The lowest BCUT2D eigenvalue weighted by Gasteiger charge is -2.41. The fraction of sp³-hybridized carbons (Fsp3) is 1.00. The predicted octanol–water partition coefficient (Wildman–Crippen LogP) is 2.86. The van der Waals surface area contributed by atoms with Gasteiger partial charge in [-0.2, -0.15) is 26.3 Å². The van der Waals surface area contributed by atoms with Crippen LogP contribution in [0.4, 0.5) is 26.3 Å². The number of alkyl halides is 6. The molecule has 2 nitrogen and oxygen atoms in total. The van der Waals surface area contributed by atoms with E-state index in [0.717, 1.165) is 0 Å². The highest BCUT2D eigenvalue weighted by Crippen LogP contribution is 2.46. The van der Waals surface area contributed by atoms with Crippen LogP contribution in [0.5, 0.6) is 0 Å². The van der Waals surface area contributed by atoms with Crippen LogP contribution in [0.1, 0.15) is 27.7 Å². The molecule has 0 aromatic carbocycles. The van der Waals surface area contributed by atoms with Crippen LogP contribution in [0, 0.1) is 5.92 Å². The lowest BCUT2D eigenvalue weighted by atomic mass is 9.84. The number of hydrogen-bond acceptors (Lipinski definition) is 2. The number of aliphatic hydroxyl groups is 1. The largest absolute Gasteiger partial charge is 0.427 e. The summed E-state index contributed by atoms with van der Waals surface area (Å²) < 4.78 is 75.9. The first-order valence-electron chi connectivity index (χ1n) is 5.37. The smallest absolute Gasteiger partial charge is 0.372 e. The Balaban J connectivity index is 5.68. The second kappa shape index (κ2) is 5.24. The summed E-state index contributed by atoms with van der Waals surface area (Å²) in [4.78, 5) is 0. The molecule has 0 spiro atoms. The van der Waals surface area contributed by atoms with Crippen LogP contribution in [-0.2, 0) is 0 Å². The Morgan fingerprint density at radius 2 is 1.17 bits per heavy atom. The molecule has 0 unspecified atom stereocenters. The second-order valence-corrected chi connectivity index (χ2v) is 4.80. The summed E-state index contributed by atoms with van der Waals surface area (Å²) in [6, 6.07) is -2.80. The molecule has 0 aliphatic carbocycles. The van der Waals surface area contributed by atoms with Gasteiger partial charge in [-0.1, -0.05) is 27.7 Å². The summed E-state index contributed by atoms with van der Waals surface area (Å²) in [6.45, 7) is 5.18. The number of hydrogen-bond donors (Lipinski definition) is 2. The Labute approximate surface area is 101 Å². The van der Waals surface area contributed by atoms with E-state index in [1.165, 1.54) is 27.7 Å². The predicted molar refractivity (Wildman–Crippen MR) is 54.0 cm³/mol. The van der Waals surface area contributed by atoms with Crippen LogP contribution >= 0.6 is 0 Å². The van der Waals surface area contributed by atoms with Crippen molar-refractivity contribution in [2.24, 2.45) is 5.92 Å². The maximum atomic E-state index is 12.7. The summed E-state index contributed by atoms with van der Waals surface area (Å²) >= 11 is 0. The molecule has 0 heterocycles. The zero-order valence-electron chi connectivity index (χ0n) is 10.4. The van der Waals surface area contributed by atoms with Gasteiger partial charge in [0.05, 0.1) is 6.04 Å². The Morgan fingerprint density at radius 1 is 0.833 bits per heavy atom. The van der Waals surface area contributed by atoms with E-state index in [-0.39, 0.29) is 0 Å². The van der Waals surface area contributed by atoms with Crippen molar-refractivity contribution in [1.29, 1.82) is 0 Å². The summed E-state index contributed by atoms with van der Waals surface area (Å²) in [5.41, 5.74) is -4.77. The van der Waals surface area contributed by atoms with Gasteiger partial charge in [0.2, 0.25) is 0 Å². The van der Waals surface area contributed by atoms with Crippen LogP contribution in [0.25, 0.3) is 0 Å². The van der Waals surface area contributed by atoms with Crippen LogP contribution in [0.3, 0.4) is 0 Å². The van der Waals surface area contributed by atoms with Crippen molar-refractivity contribution in [2.45, 2.75) is 57.7 Å². The molecule has 0 rings (SSSR count). The SMILES string of the molecule is CC(C)N[C@H](C(C)C)C(O)(C(F)(F)F)C(F)(F)F. The van der Waals surface area contributed by atoms with E-state index in [4.69, 9.17) is 0 Å². The van der Waals surface area contributed by atoms with Gasteiger partial charge in [-0.05, 0) is 5.92 Å². The van der Waals surface area contributed by atoms with Crippen molar-refractivity contribution in [3.8, 4) is 0 Å². The van der Waals surface area contributed by atoms with Gasteiger partial charge in [0.1, 0.15) is 0 Å². The topological polar surface area (TPSA) is 32.3 Å². The molecule has 0 saturated carbocycles. The van der Waals surface area contributed by atoms with Gasteiger partial charge in [-0.25, -0.2) is 0 Å². The fourth-order valence-electron chi connectivity index (χ4n) is 1.67. The third kappa shape index (κ3) is 3.28. The molecule has 110 valence electrons. The molecule has 2 N–H and O–H groups in total. The molecule has 8 heteroatoms. The number of rotatable bonds is 4. The first-order valence-corrected chi connectivity index (χ1v) is 5.37. The second-order valence-electron chi connectivity index (χ2n) is 4.80. The van der Waals surface area contributed by atoms with Crippen LogP contribution < -0.4 is 5.32 Å². The molecular formula is C10H17F6NO. The standard InChI is InChI=1S/C10H17F6NO/c1-5(2)7(17-6(3)4)8(18,9(11,12)13)10(14,15)16/h5-7,17-18H,1-4H3/t7-/m1/s1. The molecule has 18 heavy (non-hydrogen) atoms. The number of nitrogens with one attached hydrogen (secondary N) is 1. The van der Waals surface area contributed by atoms with Gasteiger partial charge in [0, 0.05) is 6.04 Å². The van der Waals surface area contributed by atoms with E-state index in [2.05, 4.69) is 5.32 Å². The van der Waals surface area contributed by atoms with Crippen LogP contribution in [0.15, 0.2) is 0 Å². The average Bonchev–Trinajstić information content (AvgIpc) is 2.08. The molecule has 0 aromatic rings. The van der Waals surface area contributed by atoms with Gasteiger partial charge in [-0.3, -0.25) is 0 Å². The highest BCUT2D eigenvalue weighted by Gasteiger charge is 2.74. The summed E-state index contributed by atoms with van der Waals surface area (Å²) in [5, 5.41) is 11.4. The normalized spacial score (nSPS) is 16.5. The third-order valence-electron chi connectivity index (χ3n) is 2.49. The Hall–Kier alpha value is -0.500. The Kier molecular flexibility index (Phi) is 5.10. The highest BCUT2D eigenvalue weighted by molar-refractivity contribution is 5.04. The molecule has 0 amide bonds. The van der Waals surface area contributed by atoms with E-state index < -0.39 is 36.0 Å². The quantitative estimate of drug-likeness (QED) is 0.777. The Bertz CT molecular complexity index is 257. The molecule has 0 radical (unpaired) electrons. The summed E-state index contributed by atoms with van der Waals surface area (Å²) in [5.74, 6) is -1.05. The summed E-state index contributed by atoms with van der Waals surface area (Å²) in [6.07, 6.45) is -11.6. The molecule has 0 aliphatic rings. The van der Waals surface area contributed by atoms with Gasteiger partial charge in [0.15, 0.2) is 0 Å². The highest BCUT2D eigenvalue weighted by atomic mass is 19.4. The monoisotopic (exact) mass is 281 g/mol. The maximum absolute atomic E-state index is 12.7. The average molecular weight is 281 g/mol. The molecule has 0 aromatic heterocycles. The summed E-state index contributed by atoms with van der Waals surface area (Å²) in [7, 11) is 0. The van der Waals surface area contributed by atoms with Crippen molar-refractivity contribution in [2.75, 3.05) is 0 Å². The molecule has 0 saturated heterocycles. The van der Waals surface area contributed by atoms with E-state index in [0.29, 0.717) is 0 Å². The van der Waals surface area contributed by atoms with Crippen LogP contribution in [0.2, 0.25) is 0 Å². The molecular weight excluding hydrogens is 264 g/mol. The first-order chi connectivity index (χ1) is 7.75. The number of halogens is 6. The first kappa shape index (κ1) is 17.5. The van der Waals surface area contributed by atoms with Crippen molar-refractivity contribution in [3.05, 3.63) is 0 Å². The van der Waals surface area contributed by atoms with E-state index >= 15 is 0 Å². The third-order valence-corrected chi connectivity index (χ3v) is 2.49. The van der Waals surface area contributed by atoms with E-state index in [1.807, 2.05) is 0 Å². The lowest BCUT2D eigenvalue weighted by molar-refractivity contribution is -0.379. The zero-order valence-corrected chi connectivity index (χ0v) is 10.4.